The molecule has 1 aliphatic rings. The highest BCUT2D eigenvalue weighted by Crippen LogP contribution is 2.18. The van der Waals surface area contributed by atoms with E-state index >= 15 is 0 Å². The number of nitrogens with zero attached hydrogens (tertiary/aromatic N) is 1. The first-order valence-electron chi connectivity index (χ1n) is 3.02. The van der Waals surface area contributed by atoms with E-state index in [1.54, 1.807) is 14.2 Å². The summed E-state index contributed by atoms with van der Waals surface area (Å²) in [6.45, 7) is 0.496. The van der Waals surface area contributed by atoms with Crippen LogP contribution in [-0.2, 0) is 14.8 Å². The molecule has 1 aliphatic heterocycles. The van der Waals surface area contributed by atoms with Gasteiger partial charge in [0.2, 0.25) is 10.0 Å². The summed E-state index contributed by atoms with van der Waals surface area (Å²) in [7, 11) is 0.262. The van der Waals surface area contributed by atoms with Crippen molar-refractivity contribution in [2.45, 2.75) is 6.04 Å². The summed E-state index contributed by atoms with van der Waals surface area (Å²) in [5.74, 6) is 0.233. The Balaban J connectivity index is 2.47. The third kappa shape index (κ3) is 1.16. The molecule has 0 aromatic heterocycles. The lowest BCUT2D eigenvalue weighted by molar-refractivity contribution is 0.136. The van der Waals surface area contributed by atoms with Crippen molar-refractivity contribution in [3.63, 3.8) is 0 Å². The summed E-state index contributed by atoms with van der Waals surface area (Å²) in [4.78, 5) is 0. The van der Waals surface area contributed by atoms with E-state index in [2.05, 4.69) is 0 Å². The van der Waals surface area contributed by atoms with Crippen LogP contribution in [0.15, 0.2) is 0 Å². The van der Waals surface area contributed by atoms with E-state index in [4.69, 9.17) is 4.74 Å². The van der Waals surface area contributed by atoms with Gasteiger partial charge in [-0.2, -0.15) is 4.31 Å². The molecule has 1 rings (SSSR count). The molecule has 0 amide bonds. The lowest BCUT2D eigenvalue weighted by Crippen LogP contribution is -2.56. The van der Waals surface area contributed by atoms with E-state index in [0.29, 0.717) is 6.61 Å². The summed E-state index contributed by atoms with van der Waals surface area (Å²) < 4.78 is 27.7. The van der Waals surface area contributed by atoms with Gasteiger partial charge in [0, 0.05) is 14.2 Å². The van der Waals surface area contributed by atoms with Crippen LogP contribution in [0.25, 0.3) is 0 Å². The van der Waals surface area contributed by atoms with Crippen LogP contribution < -0.4 is 0 Å². The third-order valence-corrected chi connectivity index (χ3v) is 3.70. The lowest BCUT2D eigenvalue weighted by atomic mass is 10.4. The minimum absolute atomic E-state index is 0.0648. The van der Waals surface area contributed by atoms with E-state index in [-0.39, 0.29) is 11.8 Å². The molecule has 0 radical (unpaired) electrons. The quantitative estimate of drug-likeness (QED) is 0.542. The predicted molar refractivity (Wildman–Crippen MR) is 37.2 cm³/mol. The molecule has 1 heterocycles. The first-order chi connectivity index (χ1) is 4.58. The fourth-order valence-corrected chi connectivity index (χ4v) is 2.33. The SMILES string of the molecule is COCC1CS(=O)(=O)N1C. The number of rotatable bonds is 2. The average Bonchev–Trinajstić information content (AvgIpc) is 1.87. The second kappa shape index (κ2) is 2.48. The molecule has 60 valence electrons. The van der Waals surface area contributed by atoms with Crippen molar-refractivity contribution in [3.8, 4) is 0 Å². The van der Waals surface area contributed by atoms with Crippen molar-refractivity contribution in [1.82, 2.24) is 4.31 Å². The molecule has 10 heavy (non-hydrogen) atoms. The normalized spacial score (nSPS) is 31.6. The molecule has 4 nitrogen and oxygen atoms in total. The fraction of sp³-hybridized carbons (Fsp3) is 1.00. The van der Waals surface area contributed by atoms with Gasteiger partial charge >= 0.3 is 0 Å². The maximum absolute atomic E-state index is 10.8. The van der Waals surface area contributed by atoms with Crippen LogP contribution in [0, 0.1) is 0 Å². The molecule has 0 aliphatic carbocycles. The van der Waals surface area contributed by atoms with E-state index < -0.39 is 10.0 Å². The van der Waals surface area contributed by atoms with Gasteiger partial charge in [-0.25, -0.2) is 8.42 Å². The largest absolute Gasteiger partial charge is 0.383 e. The van der Waals surface area contributed by atoms with E-state index in [9.17, 15) is 8.42 Å². The van der Waals surface area contributed by atoms with Gasteiger partial charge in [-0.1, -0.05) is 0 Å². The van der Waals surface area contributed by atoms with Crippen molar-refractivity contribution in [2.24, 2.45) is 0 Å². The first-order valence-corrected chi connectivity index (χ1v) is 4.63. The third-order valence-electron chi connectivity index (χ3n) is 1.72. The van der Waals surface area contributed by atoms with Crippen molar-refractivity contribution >= 4 is 10.0 Å². The number of hydrogen-bond acceptors (Lipinski definition) is 3. The summed E-state index contributed by atoms with van der Waals surface area (Å²) in [5, 5.41) is 0. The van der Waals surface area contributed by atoms with Crippen LogP contribution in [0.5, 0.6) is 0 Å². The summed E-state index contributed by atoms with van der Waals surface area (Å²) in [5.41, 5.74) is 0. The number of hydrogen-bond donors (Lipinski definition) is 0. The van der Waals surface area contributed by atoms with Gasteiger partial charge < -0.3 is 4.74 Å². The molecule has 1 unspecified atom stereocenters. The number of sulfonamides is 1. The zero-order valence-corrected chi connectivity index (χ0v) is 6.89. The highest BCUT2D eigenvalue weighted by atomic mass is 32.2. The maximum atomic E-state index is 10.8. The molecule has 0 saturated carbocycles. The van der Waals surface area contributed by atoms with Crippen molar-refractivity contribution in [1.29, 1.82) is 0 Å². The molecule has 0 N–H and O–H groups in total. The summed E-state index contributed by atoms with van der Waals surface area (Å²) in [6.07, 6.45) is 0. The number of ether oxygens (including phenoxy) is 1. The Kier molecular flexibility index (Phi) is 1.98. The summed E-state index contributed by atoms with van der Waals surface area (Å²) >= 11 is 0. The fourth-order valence-electron chi connectivity index (χ4n) is 0.953. The maximum Gasteiger partial charge on any atom is 0.215 e. The second-order valence-electron chi connectivity index (χ2n) is 2.40. The van der Waals surface area contributed by atoms with Gasteiger partial charge in [0.15, 0.2) is 0 Å². The van der Waals surface area contributed by atoms with Crippen LogP contribution >= 0.6 is 0 Å². The van der Waals surface area contributed by atoms with Gasteiger partial charge in [-0.15, -0.1) is 0 Å². The van der Waals surface area contributed by atoms with E-state index in [1.807, 2.05) is 0 Å². The van der Waals surface area contributed by atoms with Crippen LogP contribution in [-0.4, -0.2) is 45.3 Å². The Hall–Kier alpha value is -0.130. The van der Waals surface area contributed by atoms with E-state index in [1.165, 1.54) is 4.31 Å². The Morgan fingerprint density at radius 3 is 2.60 bits per heavy atom. The van der Waals surface area contributed by atoms with Crippen LogP contribution in [0.2, 0.25) is 0 Å². The van der Waals surface area contributed by atoms with E-state index in [0.717, 1.165) is 0 Å². The molecule has 0 aromatic rings. The molecule has 0 bridgehead atoms. The van der Waals surface area contributed by atoms with Gasteiger partial charge in [0.25, 0.3) is 0 Å². The smallest absolute Gasteiger partial charge is 0.215 e. The molecule has 0 spiro atoms. The molecule has 1 fully saturated rings. The highest BCUT2D eigenvalue weighted by Gasteiger charge is 2.39. The first kappa shape index (κ1) is 7.97. The van der Waals surface area contributed by atoms with Gasteiger partial charge in [0.05, 0.1) is 18.4 Å². The van der Waals surface area contributed by atoms with Gasteiger partial charge in [0.1, 0.15) is 0 Å². The van der Waals surface area contributed by atoms with Gasteiger partial charge in [-0.3, -0.25) is 0 Å². The standard InChI is InChI=1S/C5H11NO3S/c1-6-5(3-9-2)4-10(6,7)8/h5H,3-4H2,1-2H3. The zero-order chi connectivity index (χ0) is 7.78. The number of likely N-dealkylation sites (N-methyl/N-ethyl adjacent to an activating group) is 1. The van der Waals surface area contributed by atoms with Crippen molar-refractivity contribution in [3.05, 3.63) is 0 Å². The topological polar surface area (TPSA) is 46.6 Å². The monoisotopic (exact) mass is 165 g/mol. The number of methoxy groups -OCH3 is 1. The minimum atomic E-state index is -2.88. The minimum Gasteiger partial charge on any atom is -0.383 e. The Bertz CT molecular complexity index is 211. The molecule has 5 heteroatoms. The molecule has 1 saturated heterocycles. The van der Waals surface area contributed by atoms with Crippen LogP contribution in [0.3, 0.4) is 0 Å². The highest BCUT2D eigenvalue weighted by molar-refractivity contribution is 7.90. The molecule has 0 aromatic carbocycles. The Morgan fingerprint density at radius 2 is 2.30 bits per heavy atom. The summed E-state index contributed by atoms with van der Waals surface area (Å²) in [6, 6.07) is 0.0648. The Labute approximate surface area is 60.8 Å². The van der Waals surface area contributed by atoms with Crippen molar-refractivity contribution < 1.29 is 13.2 Å². The predicted octanol–water partition coefficient (Wildman–Crippen LogP) is -0.723. The van der Waals surface area contributed by atoms with Gasteiger partial charge in [-0.05, 0) is 0 Å². The molecular weight excluding hydrogens is 154 g/mol. The zero-order valence-electron chi connectivity index (χ0n) is 6.07. The lowest BCUT2D eigenvalue weighted by Gasteiger charge is -2.35. The Morgan fingerprint density at radius 1 is 1.70 bits per heavy atom. The molecule has 1 atom stereocenters. The molecular formula is C5H11NO3S. The van der Waals surface area contributed by atoms with Crippen LogP contribution in [0.1, 0.15) is 0 Å². The van der Waals surface area contributed by atoms with Crippen molar-refractivity contribution in [2.75, 3.05) is 26.5 Å². The second-order valence-corrected chi connectivity index (χ2v) is 4.48. The average molecular weight is 165 g/mol. The van der Waals surface area contributed by atoms with Crippen LogP contribution in [0.4, 0.5) is 0 Å².